The standard InChI is InChI=1S/C24H22N2O10/c27-16-3-4-17(28)25(16)9-6-19(30)35-13-24-8-5-15(36-24)20-21(24)23(32)26(22(20)31)10-7-18(29)34-12-14-2-1-11-33-14/h1-5,8,11,15,20-21H,6-7,9-10,12-13H2. The molecule has 5 rings (SSSR count). The van der Waals surface area contributed by atoms with E-state index in [9.17, 15) is 28.8 Å². The Balaban J connectivity index is 1.15. The summed E-state index contributed by atoms with van der Waals surface area (Å²) in [5.74, 6) is -4.44. The highest BCUT2D eigenvalue weighted by Gasteiger charge is 2.68. The van der Waals surface area contributed by atoms with E-state index in [1.165, 1.54) is 6.26 Å². The van der Waals surface area contributed by atoms with Crippen molar-refractivity contribution in [1.29, 1.82) is 0 Å². The molecule has 12 nitrogen and oxygen atoms in total. The topological polar surface area (TPSA) is 150 Å². The van der Waals surface area contributed by atoms with E-state index in [0.29, 0.717) is 5.76 Å². The minimum atomic E-state index is -1.30. The summed E-state index contributed by atoms with van der Waals surface area (Å²) in [7, 11) is 0. The predicted molar refractivity (Wildman–Crippen MR) is 115 cm³/mol. The number of amides is 4. The Morgan fingerprint density at radius 2 is 1.64 bits per heavy atom. The van der Waals surface area contributed by atoms with Crippen LogP contribution in [0.5, 0.6) is 0 Å². The first kappa shape index (κ1) is 23.7. The van der Waals surface area contributed by atoms with E-state index < -0.39 is 59.1 Å². The van der Waals surface area contributed by atoms with E-state index >= 15 is 0 Å². The molecule has 0 aromatic carbocycles. The first-order valence-electron chi connectivity index (χ1n) is 11.4. The van der Waals surface area contributed by atoms with Gasteiger partial charge in [0.05, 0.1) is 37.0 Å². The number of likely N-dealkylation sites (tertiary alicyclic amines) is 1. The third-order valence-electron chi connectivity index (χ3n) is 6.64. The summed E-state index contributed by atoms with van der Waals surface area (Å²) in [4.78, 5) is 75.6. The first-order chi connectivity index (χ1) is 17.3. The molecule has 1 aromatic heterocycles. The molecule has 4 atom stereocenters. The SMILES string of the molecule is O=C(CCN1C(=O)C2C3C=CC(COC(=O)CCN4C(=O)C=CC4=O)(O3)C2C1=O)OCc1ccco1. The number of esters is 2. The molecular weight excluding hydrogens is 476 g/mol. The van der Waals surface area contributed by atoms with Crippen LogP contribution in [0.1, 0.15) is 18.6 Å². The molecule has 0 radical (unpaired) electrons. The molecule has 4 amide bonds. The van der Waals surface area contributed by atoms with Gasteiger partial charge in [0.25, 0.3) is 11.8 Å². The van der Waals surface area contributed by atoms with Crippen molar-refractivity contribution in [3.05, 3.63) is 48.5 Å². The van der Waals surface area contributed by atoms with Gasteiger partial charge in [-0.1, -0.05) is 6.08 Å². The number of carbonyl (C=O) groups excluding carboxylic acids is 6. The summed E-state index contributed by atoms with van der Waals surface area (Å²) in [5, 5.41) is 0. The molecule has 36 heavy (non-hydrogen) atoms. The van der Waals surface area contributed by atoms with Gasteiger partial charge >= 0.3 is 11.9 Å². The number of rotatable bonds is 10. The molecule has 4 unspecified atom stereocenters. The van der Waals surface area contributed by atoms with E-state index in [-0.39, 0.29) is 39.1 Å². The van der Waals surface area contributed by atoms with Crippen LogP contribution in [0.3, 0.4) is 0 Å². The molecule has 4 aliphatic heterocycles. The second-order valence-electron chi connectivity index (χ2n) is 8.79. The molecule has 5 heterocycles. The number of fused-ring (bicyclic) bond motifs is 5. The lowest BCUT2D eigenvalue weighted by Crippen LogP contribution is -2.45. The fourth-order valence-corrected chi connectivity index (χ4v) is 4.89. The molecule has 2 bridgehead atoms. The highest BCUT2D eigenvalue weighted by Crippen LogP contribution is 2.51. The minimum absolute atomic E-state index is 0.0517. The zero-order chi connectivity index (χ0) is 25.4. The Labute approximate surface area is 204 Å². The van der Waals surface area contributed by atoms with Crippen LogP contribution < -0.4 is 0 Å². The fourth-order valence-electron chi connectivity index (χ4n) is 4.89. The van der Waals surface area contributed by atoms with E-state index in [0.717, 1.165) is 22.0 Å². The van der Waals surface area contributed by atoms with Gasteiger partial charge in [0.1, 0.15) is 24.6 Å². The largest absolute Gasteiger partial charge is 0.466 e. The van der Waals surface area contributed by atoms with Gasteiger partial charge < -0.3 is 18.6 Å². The maximum atomic E-state index is 13.2. The lowest BCUT2D eigenvalue weighted by molar-refractivity contribution is -0.157. The zero-order valence-electron chi connectivity index (χ0n) is 19.0. The van der Waals surface area contributed by atoms with Gasteiger partial charge in [-0.3, -0.25) is 38.6 Å². The van der Waals surface area contributed by atoms with Crippen molar-refractivity contribution in [2.75, 3.05) is 19.7 Å². The van der Waals surface area contributed by atoms with Crippen molar-refractivity contribution in [3.63, 3.8) is 0 Å². The average molecular weight is 498 g/mol. The highest BCUT2D eigenvalue weighted by atomic mass is 16.6. The average Bonchev–Trinajstić information content (AvgIpc) is 3.67. The van der Waals surface area contributed by atoms with Crippen molar-refractivity contribution in [2.24, 2.45) is 11.8 Å². The number of hydrogen-bond donors (Lipinski definition) is 0. The Kier molecular flexibility index (Phi) is 6.04. The fraction of sp³-hybridized carbons (Fsp3) is 0.417. The number of imide groups is 2. The zero-order valence-corrected chi connectivity index (χ0v) is 19.0. The van der Waals surface area contributed by atoms with E-state index in [1.54, 1.807) is 24.3 Å². The van der Waals surface area contributed by atoms with Gasteiger partial charge in [-0.15, -0.1) is 0 Å². The van der Waals surface area contributed by atoms with E-state index in [2.05, 4.69) is 0 Å². The van der Waals surface area contributed by atoms with E-state index in [1.807, 2.05) is 0 Å². The number of ether oxygens (including phenoxy) is 3. The smallest absolute Gasteiger partial charge is 0.308 e. The number of furan rings is 1. The molecule has 12 heteroatoms. The van der Waals surface area contributed by atoms with Crippen LogP contribution in [-0.2, 0) is 49.6 Å². The van der Waals surface area contributed by atoms with Gasteiger partial charge in [0.15, 0.2) is 0 Å². The number of hydrogen-bond acceptors (Lipinski definition) is 10. The Morgan fingerprint density at radius 3 is 2.33 bits per heavy atom. The van der Waals surface area contributed by atoms with Crippen LogP contribution in [0.4, 0.5) is 0 Å². The van der Waals surface area contributed by atoms with Crippen LogP contribution in [-0.4, -0.2) is 76.8 Å². The molecule has 0 aliphatic carbocycles. The van der Waals surface area contributed by atoms with Gasteiger partial charge in [0, 0.05) is 25.2 Å². The quantitative estimate of drug-likeness (QED) is 0.243. The van der Waals surface area contributed by atoms with Crippen molar-refractivity contribution in [1.82, 2.24) is 9.80 Å². The lowest BCUT2D eigenvalue weighted by Gasteiger charge is -2.28. The van der Waals surface area contributed by atoms with Crippen molar-refractivity contribution in [3.8, 4) is 0 Å². The first-order valence-corrected chi connectivity index (χ1v) is 11.4. The summed E-state index contributed by atoms with van der Waals surface area (Å²) in [6.07, 6.45) is 5.92. The molecule has 0 spiro atoms. The van der Waals surface area contributed by atoms with Crippen LogP contribution in [0.25, 0.3) is 0 Å². The van der Waals surface area contributed by atoms with Gasteiger partial charge in [0.2, 0.25) is 11.8 Å². The second-order valence-corrected chi connectivity index (χ2v) is 8.79. The molecule has 2 saturated heterocycles. The maximum absolute atomic E-state index is 13.2. The van der Waals surface area contributed by atoms with Crippen molar-refractivity contribution in [2.45, 2.75) is 31.2 Å². The predicted octanol–water partition coefficient (Wildman–Crippen LogP) is -0.120. The molecule has 2 fully saturated rings. The third kappa shape index (κ3) is 4.13. The summed E-state index contributed by atoms with van der Waals surface area (Å²) < 4.78 is 21.4. The van der Waals surface area contributed by atoms with Gasteiger partial charge in [-0.25, -0.2) is 0 Å². The van der Waals surface area contributed by atoms with Crippen LogP contribution in [0.2, 0.25) is 0 Å². The molecule has 1 aromatic rings. The number of nitrogens with zero attached hydrogens (tertiary/aromatic N) is 2. The Morgan fingerprint density at radius 1 is 0.944 bits per heavy atom. The Hall–Kier alpha value is -4.06. The molecular formula is C24H22N2O10. The normalized spacial score (nSPS) is 27.9. The maximum Gasteiger partial charge on any atom is 0.308 e. The van der Waals surface area contributed by atoms with Crippen molar-refractivity contribution >= 4 is 35.6 Å². The molecule has 188 valence electrons. The minimum Gasteiger partial charge on any atom is -0.466 e. The third-order valence-corrected chi connectivity index (χ3v) is 6.64. The molecule has 0 saturated carbocycles. The summed E-state index contributed by atoms with van der Waals surface area (Å²) in [6, 6.07) is 3.31. The summed E-state index contributed by atoms with van der Waals surface area (Å²) in [6.45, 7) is -0.638. The highest BCUT2D eigenvalue weighted by molar-refractivity contribution is 6.13. The summed E-state index contributed by atoms with van der Waals surface area (Å²) >= 11 is 0. The Bertz CT molecular complexity index is 1170. The monoisotopic (exact) mass is 498 g/mol. The molecule has 4 aliphatic rings. The van der Waals surface area contributed by atoms with Crippen molar-refractivity contribution < 1.29 is 47.4 Å². The van der Waals surface area contributed by atoms with Gasteiger partial charge in [-0.2, -0.15) is 0 Å². The summed E-state index contributed by atoms with van der Waals surface area (Å²) in [5.41, 5.74) is -1.30. The van der Waals surface area contributed by atoms with Crippen LogP contribution >= 0.6 is 0 Å². The number of carbonyl (C=O) groups is 6. The van der Waals surface area contributed by atoms with Gasteiger partial charge in [-0.05, 0) is 18.2 Å². The van der Waals surface area contributed by atoms with Crippen LogP contribution in [0.15, 0.2) is 47.1 Å². The second kappa shape index (κ2) is 9.19. The lowest BCUT2D eigenvalue weighted by atomic mass is 9.77. The molecule has 0 N–H and O–H groups in total. The van der Waals surface area contributed by atoms with E-state index in [4.69, 9.17) is 18.6 Å². The van der Waals surface area contributed by atoms with Crippen LogP contribution in [0, 0.1) is 11.8 Å².